The van der Waals surface area contributed by atoms with Crippen LogP contribution in [0.25, 0.3) is 0 Å². The zero-order valence-corrected chi connectivity index (χ0v) is 9.86. The summed E-state index contributed by atoms with van der Waals surface area (Å²) in [6.45, 7) is 4.50. The molecule has 1 nitrogen and oxygen atoms in total. The van der Waals surface area contributed by atoms with Crippen molar-refractivity contribution < 1.29 is 0 Å². The Bertz CT molecular complexity index is 286. The van der Waals surface area contributed by atoms with E-state index in [1.54, 1.807) is 0 Å². The minimum Gasteiger partial charge on any atom is -0.307 e. The fraction of sp³-hybridized carbons (Fsp3) is 0.667. The molecule has 2 rings (SSSR count). The average Bonchev–Trinajstić information content (AvgIpc) is 2.75. The second-order valence-corrected chi connectivity index (χ2v) is 5.29. The lowest BCUT2D eigenvalue weighted by Crippen LogP contribution is -2.28. The highest BCUT2D eigenvalue weighted by molar-refractivity contribution is 7.10. The highest BCUT2D eigenvalue weighted by Gasteiger charge is 2.18. The van der Waals surface area contributed by atoms with Crippen molar-refractivity contribution in [1.29, 1.82) is 0 Å². The van der Waals surface area contributed by atoms with Gasteiger partial charge in [0.15, 0.2) is 0 Å². The molecule has 1 aromatic heterocycles. The smallest absolute Gasteiger partial charge is 0.0390 e. The first kappa shape index (κ1) is 10.2. The molecule has 1 saturated carbocycles. The highest BCUT2D eigenvalue weighted by atomic mass is 32.1. The summed E-state index contributed by atoms with van der Waals surface area (Å²) in [6, 6.07) is 3.52. The number of thiophene rings is 1. The van der Waals surface area contributed by atoms with Crippen molar-refractivity contribution in [3.05, 3.63) is 21.9 Å². The Kier molecular flexibility index (Phi) is 3.24. The van der Waals surface area contributed by atoms with Crippen molar-refractivity contribution in [3.8, 4) is 0 Å². The molecule has 0 radical (unpaired) electrons. The molecule has 0 spiro atoms. The number of nitrogens with one attached hydrogen (secondary N) is 1. The molecule has 0 aliphatic heterocycles. The summed E-state index contributed by atoms with van der Waals surface area (Å²) in [5, 5.41) is 5.92. The predicted octanol–water partition coefficient (Wildman–Crippen LogP) is 3.65. The van der Waals surface area contributed by atoms with Gasteiger partial charge in [0.05, 0.1) is 0 Å². The highest BCUT2D eigenvalue weighted by Crippen LogP contribution is 2.26. The van der Waals surface area contributed by atoms with Crippen molar-refractivity contribution >= 4 is 11.3 Å². The zero-order valence-electron chi connectivity index (χ0n) is 9.05. The van der Waals surface area contributed by atoms with Gasteiger partial charge in [-0.15, -0.1) is 11.3 Å². The molecule has 0 saturated heterocycles. The Labute approximate surface area is 90.5 Å². The molecule has 14 heavy (non-hydrogen) atoms. The molecular weight excluding hydrogens is 190 g/mol. The van der Waals surface area contributed by atoms with Crippen LogP contribution in [0.15, 0.2) is 11.4 Å². The second kappa shape index (κ2) is 4.45. The van der Waals surface area contributed by atoms with E-state index in [9.17, 15) is 0 Å². The summed E-state index contributed by atoms with van der Waals surface area (Å²) in [7, 11) is 0. The minimum atomic E-state index is 0.540. The van der Waals surface area contributed by atoms with E-state index in [1.807, 2.05) is 11.3 Å². The van der Waals surface area contributed by atoms with Gasteiger partial charge in [-0.2, -0.15) is 0 Å². The van der Waals surface area contributed by atoms with Gasteiger partial charge in [0.1, 0.15) is 0 Å². The minimum absolute atomic E-state index is 0.540. The molecule has 0 unspecified atom stereocenters. The van der Waals surface area contributed by atoms with Crippen LogP contribution in [0.5, 0.6) is 0 Å². The van der Waals surface area contributed by atoms with E-state index in [0.29, 0.717) is 6.04 Å². The van der Waals surface area contributed by atoms with Crippen LogP contribution < -0.4 is 5.32 Å². The van der Waals surface area contributed by atoms with Gasteiger partial charge in [-0.1, -0.05) is 12.8 Å². The molecule has 1 aromatic rings. The Balaban J connectivity index is 1.95. The molecular formula is C12H19NS. The zero-order chi connectivity index (χ0) is 9.97. The SMILES string of the molecule is Cc1ccsc1[C@H](C)NC1CCCC1. The molecule has 78 valence electrons. The van der Waals surface area contributed by atoms with Crippen molar-refractivity contribution in [2.24, 2.45) is 0 Å². The number of rotatable bonds is 3. The number of hydrogen-bond acceptors (Lipinski definition) is 2. The van der Waals surface area contributed by atoms with Gasteiger partial charge in [-0.25, -0.2) is 0 Å². The van der Waals surface area contributed by atoms with Crippen LogP contribution in [-0.2, 0) is 0 Å². The number of hydrogen-bond donors (Lipinski definition) is 1. The van der Waals surface area contributed by atoms with Crippen LogP contribution in [0.4, 0.5) is 0 Å². The van der Waals surface area contributed by atoms with Gasteiger partial charge in [-0.3, -0.25) is 0 Å². The topological polar surface area (TPSA) is 12.0 Å². The summed E-state index contributed by atoms with van der Waals surface area (Å²) in [6.07, 6.45) is 5.56. The van der Waals surface area contributed by atoms with Crippen LogP contribution >= 0.6 is 11.3 Å². The second-order valence-electron chi connectivity index (χ2n) is 4.34. The molecule has 0 aromatic carbocycles. The quantitative estimate of drug-likeness (QED) is 0.801. The summed E-state index contributed by atoms with van der Waals surface area (Å²) in [5.74, 6) is 0. The van der Waals surface area contributed by atoms with E-state index in [2.05, 4.69) is 30.6 Å². The summed E-state index contributed by atoms with van der Waals surface area (Å²) in [4.78, 5) is 1.51. The van der Waals surface area contributed by atoms with Crippen LogP contribution in [0.3, 0.4) is 0 Å². The first-order valence-corrected chi connectivity index (χ1v) is 6.45. The molecule has 1 atom stereocenters. The van der Waals surface area contributed by atoms with Gasteiger partial charge in [0, 0.05) is 17.0 Å². The lowest BCUT2D eigenvalue weighted by Gasteiger charge is -2.18. The molecule has 1 heterocycles. The first-order chi connectivity index (χ1) is 6.77. The summed E-state index contributed by atoms with van der Waals surface area (Å²) in [5.41, 5.74) is 1.44. The van der Waals surface area contributed by atoms with E-state index < -0.39 is 0 Å². The van der Waals surface area contributed by atoms with Gasteiger partial charge in [0.25, 0.3) is 0 Å². The Morgan fingerprint density at radius 1 is 1.43 bits per heavy atom. The van der Waals surface area contributed by atoms with E-state index in [1.165, 1.54) is 36.1 Å². The maximum Gasteiger partial charge on any atom is 0.0390 e. The normalized spacial score (nSPS) is 20.1. The van der Waals surface area contributed by atoms with Crippen molar-refractivity contribution in [3.63, 3.8) is 0 Å². The third-order valence-electron chi connectivity index (χ3n) is 3.14. The lowest BCUT2D eigenvalue weighted by atomic mass is 10.1. The molecule has 1 N–H and O–H groups in total. The Morgan fingerprint density at radius 3 is 2.71 bits per heavy atom. The maximum atomic E-state index is 3.73. The number of aryl methyl sites for hydroxylation is 1. The Morgan fingerprint density at radius 2 is 2.14 bits per heavy atom. The molecule has 0 bridgehead atoms. The Hall–Kier alpha value is -0.340. The van der Waals surface area contributed by atoms with Crippen molar-refractivity contribution in [1.82, 2.24) is 5.32 Å². The van der Waals surface area contributed by atoms with Gasteiger partial charge < -0.3 is 5.32 Å². The monoisotopic (exact) mass is 209 g/mol. The van der Waals surface area contributed by atoms with E-state index in [0.717, 1.165) is 6.04 Å². The van der Waals surface area contributed by atoms with E-state index in [4.69, 9.17) is 0 Å². The third kappa shape index (κ3) is 2.18. The maximum absolute atomic E-state index is 3.73. The van der Waals surface area contributed by atoms with E-state index in [-0.39, 0.29) is 0 Å². The van der Waals surface area contributed by atoms with Crippen LogP contribution in [0, 0.1) is 6.92 Å². The first-order valence-electron chi connectivity index (χ1n) is 5.57. The fourth-order valence-electron chi connectivity index (χ4n) is 2.35. The van der Waals surface area contributed by atoms with Gasteiger partial charge >= 0.3 is 0 Å². The van der Waals surface area contributed by atoms with Gasteiger partial charge in [0.2, 0.25) is 0 Å². The molecule has 1 aliphatic carbocycles. The van der Waals surface area contributed by atoms with Crippen LogP contribution in [-0.4, -0.2) is 6.04 Å². The lowest BCUT2D eigenvalue weighted by molar-refractivity contribution is 0.465. The molecule has 0 amide bonds. The van der Waals surface area contributed by atoms with Crippen LogP contribution in [0.1, 0.15) is 49.1 Å². The molecule has 1 fully saturated rings. The largest absolute Gasteiger partial charge is 0.307 e. The summed E-state index contributed by atoms with van der Waals surface area (Å²) >= 11 is 1.88. The van der Waals surface area contributed by atoms with Crippen molar-refractivity contribution in [2.75, 3.05) is 0 Å². The predicted molar refractivity (Wildman–Crippen MR) is 62.9 cm³/mol. The fourth-order valence-corrected chi connectivity index (χ4v) is 3.29. The standard InChI is InChI=1S/C12H19NS/c1-9-7-8-14-12(9)10(2)13-11-5-3-4-6-11/h7-8,10-11,13H,3-6H2,1-2H3/t10-/m0/s1. The van der Waals surface area contributed by atoms with Crippen LogP contribution in [0.2, 0.25) is 0 Å². The van der Waals surface area contributed by atoms with E-state index >= 15 is 0 Å². The average molecular weight is 209 g/mol. The van der Waals surface area contributed by atoms with Gasteiger partial charge in [-0.05, 0) is 43.7 Å². The third-order valence-corrected chi connectivity index (χ3v) is 4.34. The van der Waals surface area contributed by atoms with Crippen molar-refractivity contribution in [2.45, 2.75) is 51.6 Å². The molecule has 1 aliphatic rings. The summed E-state index contributed by atoms with van der Waals surface area (Å²) < 4.78 is 0. The molecule has 2 heteroatoms.